The third kappa shape index (κ3) is 5.39. The van der Waals surface area contributed by atoms with Gasteiger partial charge < -0.3 is 0 Å². The second kappa shape index (κ2) is 9.16. The summed E-state index contributed by atoms with van der Waals surface area (Å²) in [5, 5.41) is 9.35. The summed E-state index contributed by atoms with van der Waals surface area (Å²) in [5.41, 5.74) is 1.81. The summed E-state index contributed by atoms with van der Waals surface area (Å²) in [6.07, 6.45) is 0. The molecule has 9 heteroatoms. The molecule has 0 saturated heterocycles. The predicted molar refractivity (Wildman–Crippen MR) is 121 cm³/mol. The van der Waals surface area contributed by atoms with Crippen LogP contribution in [-0.2, 0) is 10.0 Å². The van der Waals surface area contributed by atoms with Crippen LogP contribution >= 0.6 is 15.9 Å². The van der Waals surface area contributed by atoms with Crippen molar-refractivity contribution in [2.24, 2.45) is 0 Å². The van der Waals surface area contributed by atoms with E-state index in [4.69, 9.17) is 0 Å². The fourth-order valence-electron chi connectivity index (χ4n) is 2.62. The quantitative estimate of drug-likeness (QED) is 0.441. The molecule has 30 heavy (non-hydrogen) atoms. The number of hydrogen-bond donors (Lipinski definition) is 2. The van der Waals surface area contributed by atoms with Crippen molar-refractivity contribution in [1.82, 2.24) is 0 Å². The van der Waals surface area contributed by atoms with Crippen LogP contribution in [0, 0.1) is 6.92 Å². The van der Waals surface area contributed by atoms with Crippen LogP contribution in [0.2, 0.25) is 0 Å². The van der Waals surface area contributed by atoms with E-state index in [9.17, 15) is 23.1 Å². The first-order valence-corrected chi connectivity index (χ1v) is 13.1. The fourth-order valence-corrected chi connectivity index (χ4v) is 6.21. The molecule has 0 aliphatic carbocycles. The summed E-state index contributed by atoms with van der Waals surface area (Å²) in [6.45, 7) is 1.87. The van der Waals surface area contributed by atoms with E-state index in [2.05, 4.69) is 20.7 Å². The van der Waals surface area contributed by atoms with E-state index < -0.39 is 31.7 Å². The summed E-state index contributed by atoms with van der Waals surface area (Å²) in [4.78, 5) is 24.2. The number of halogens is 1. The number of aryl methyl sites for hydroxylation is 1. The summed E-state index contributed by atoms with van der Waals surface area (Å²) in [7, 11) is -3.73. The molecule has 0 aliphatic heterocycles. The number of anilines is 1. The average molecular weight is 550 g/mol. The zero-order valence-corrected chi connectivity index (χ0v) is 20.2. The molecular weight excluding hydrogens is 533 g/mol. The Kier molecular flexibility index (Phi) is 6.80. The standard InChI is InChI=1S/C21H17AsBrNO5S/c1-13-2-9-17(10-3-13)30(28,29)24-16-7-4-14(5-8-16)20(25)22-19-11-6-15(23)12-18(19)21(26)27/h2-12,22,24H,1H3,(H,26,27). The summed E-state index contributed by atoms with van der Waals surface area (Å²) in [6, 6.07) is 17.4. The van der Waals surface area contributed by atoms with E-state index in [0.29, 0.717) is 20.1 Å². The molecule has 1 unspecified atom stereocenters. The van der Waals surface area contributed by atoms with Gasteiger partial charge in [0.25, 0.3) is 0 Å². The first-order valence-electron chi connectivity index (χ1n) is 8.69. The van der Waals surface area contributed by atoms with Gasteiger partial charge in [-0.1, -0.05) is 0 Å². The van der Waals surface area contributed by atoms with Gasteiger partial charge in [0.1, 0.15) is 0 Å². The van der Waals surface area contributed by atoms with Crippen molar-refractivity contribution in [1.29, 1.82) is 0 Å². The van der Waals surface area contributed by atoms with Gasteiger partial charge >= 0.3 is 190 Å². The Morgan fingerprint density at radius 1 is 0.967 bits per heavy atom. The van der Waals surface area contributed by atoms with Gasteiger partial charge in [-0.25, -0.2) is 0 Å². The number of rotatable bonds is 7. The van der Waals surface area contributed by atoms with Crippen molar-refractivity contribution >= 4 is 62.3 Å². The van der Waals surface area contributed by atoms with Crippen LogP contribution in [0.3, 0.4) is 0 Å². The zero-order chi connectivity index (χ0) is 21.9. The number of sulfonamides is 1. The molecule has 0 amide bonds. The van der Waals surface area contributed by atoms with Gasteiger partial charge in [0.05, 0.1) is 0 Å². The van der Waals surface area contributed by atoms with Crippen molar-refractivity contribution in [2.75, 3.05) is 4.72 Å². The molecule has 0 heterocycles. The molecular formula is C21H17AsBrNO5S. The Morgan fingerprint density at radius 3 is 2.20 bits per heavy atom. The molecule has 1 atom stereocenters. The molecule has 3 rings (SSSR count). The van der Waals surface area contributed by atoms with E-state index in [1.807, 2.05) is 6.92 Å². The Morgan fingerprint density at radius 2 is 1.60 bits per heavy atom. The van der Waals surface area contributed by atoms with Gasteiger partial charge in [0.15, 0.2) is 0 Å². The SMILES string of the molecule is Cc1ccc(S(=O)(=O)Nc2ccc(C(=O)[AsH]c3ccc(Br)cc3C(=O)O)cc2)cc1. The van der Waals surface area contributed by atoms with Crippen molar-refractivity contribution < 1.29 is 23.1 Å². The molecule has 3 aromatic carbocycles. The zero-order valence-electron chi connectivity index (χ0n) is 15.7. The van der Waals surface area contributed by atoms with Crippen molar-refractivity contribution in [3.8, 4) is 0 Å². The van der Waals surface area contributed by atoms with Crippen LogP contribution < -0.4 is 9.07 Å². The Bertz CT molecular complexity index is 1210. The molecule has 0 spiro atoms. The molecule has 2 N–H and O–H groups in total. The first-order chi connectivity index (χ1) is 14.2. The molecule has 6 nitrogen and oxygen atoms in total. The van der Waals surface area contributed by atoms with Crippen LogP contribution in [0.15, 0.2) is 76.1 Å². The van der Waals surface area contributed by atoms with Crippen molar-refractivity contribution in [3.05, 3.63) is 87.9 Å². The summed E-state index contributed by atoms with van der Waals surface area (Å²) in [5.74, 6) is -1.08. The minimum atomic E-state index is -3.73. The molecule has 0 aromatic heterocycles. The van der Waals surface area contributed by atoms with Crippen LogP contribution in [-0.4, -0.2) is 39.8 Å². The van der Waals surface area contributed by atoms with Gasteiger partial charge in [-0.2, -0.15) is 0 Å². The normalized spacial score (nSPS) is 11.5. The second-order valence-electron chi connectivity index (χ2n) is 6.45. The number of carboxylic acids is 1. The summed E-state index contributed by atoms with van der Waals surface area (Å²) >= 11 is 1.84. The van der Waals surface area contributed by atoms with E-state index in [0.717, 1.165) is 5.56 Å². The number of nitrogens with one attached hydrogen (secondary N) is 1. The molecule has 0 radical (unpaired) electrons. The topological polar surface area (TPSA) is 101 Å². The second-order valence-corrected chi connectivity index (χ2v) is 11.7. The summed E-state index contributed by atoms with van der Waals surface area (Å²) < 4.78 is 28.4. The van der Waals surface area contributed by atoms with Gasteiger partial charge in [0.2, 0.25) is 0 Å². The average Bonchev–Trinajstić information content (AvgIpc) is 2.69. The predicted octanol–water partition coefficient (Wildman–Crippen LogP) is 3.16. The van der Waals surface area contributed by atoms with Crippen molar-refractivity contribution in [3.63, 3.8) is 0 Å². The van der Waals surface area contributed by atoms with E-state index in [-0.39, 0.29) is 15.0 Å². The maximum atomic E-state index is 12.6. The Hall–Kier alpha value is -2.41. The molecule has 0 saturated carbocycles. The van der Waals surface area contributed by atoms with Crippen molar-refractivity contribution in [2.45, 2.75) is 11.8 Å². The van der Waals surface area contributed by atoms with Crippen LogP contribution in [0.1, 0.15) is 26.3 Å². The van der Waals surface area contributed by atoms with Gasteiger partial charge in [-0.05, 0) is 0 Å². The van der Waals surface area contributed by atoms with E-state index >= 15 is 0 Å². The number of carboxylic acid groups (broad SMARTS) is 1. The van der Waals surface area contributed by atoms with Crippen LogP contribution in [0.25, 0.3) is 0 Å². The molecule has 0 bridgehead atoms. The van der Waals surface area contributed by atoms with E-state index in [1.165, 1.54) is 42.5 Å². The molecule has 0 fully saturated rings. The Labute approximate surface area is 189 Å². The van der Waals surface area contributed by atoms with Gasteiger partial charge in [-0.15, -0.1) is 0 Å². The van der Waals surface area contributed by atoms with E-state index in [1.54, 1.807) is 24.3 Å². The maximum absolute atomic E-state index is 12.6. The first kappa shape index (κ1) is 22.3. The molecule has 0 aliphatic rings. The number of aromatic carboxylic acids is 1. The molecule has 3 aromatic rings. The minimum absolute atomic E-state index is 0.111. The third-order valence-corrected chi connectivity index (χ3v) is 8.64. The van der Waals surface area contributed by atoms with Crippen LogP contribution in [0.5, 0.6) is 0 Å². The number of carbonyl (C=O) groups is 2. The third-order valence-electron chi connectivity index (χ3n) is 4.19. The number of carbonyl (C=O) groups excluding carboxylic acids is 1. The monoisotopic (exact) mass is 549 g/mol. The number of hydrogen-bond acceptors (Lipinski definition) is 4. The Balaban J connectivity index is 1.75. The van der Waals surface area contributed by atoms with Gasteiger partial charge in [-0.3, -0.25) is 0 Å². The van der Waals surface area contributed by atoms with Gasteiger partial charge in [0, 0.05) is 0 Å². The fraction of sp³-hybridized carbons (Fsp3) is 0.0476. The molecule has 154 valence electrons. The van der Waals surface area contributed by atoms with Crippen LogP contribution in [0.4, 0.5) is 5.69 Å². The number of benzene rings is 3.